The first kappa shape index (κ1) is 19.1. The fourth-order valence-corrected chi connectivity index (χ4v) is 2.64. The lowest BCUT2D eigenvalue weighted by molar-refractivity contribution is -0.147. The second-order valence-corrected chi connectivity index (χ2v) is 5.95. The molecule has 0 saturated heterocycles. The van der Waals surface area contributed by atoms with E-state index < -0.39 is 23.7 Å². The van der Waals surface area contributed by atoms with Gasteiger partial charge in [0.1, 0.15) is 12.4 Å². The Balaban J connectivity index is 1.91. The van der Waals surface area contributed by atoms with Crippen molar-refractivity contribution < 1.29 is 31.1 Å². The third kappa shape index (κ3) is 4.17. The molecule has 0 unspecified atom stereocenters. The summed E-state index contributed by atoms with van der Waals surface area (Å²) in [5, 5.41) is 0. The number of imidazole rings is 1. The maximum Gasteiger partial charge on any atom is 0.449 e. The van der Waals surface area contributed by atoms with E-state index in [4.69, 9.17) is 4.74 Å². The van der Waals surface area contributed by atoms with Crippen LogP contribution in [0.15, 0.2) is 42.5 Å². The summed E-state index contributed by atoms with van der Waals surface area (Å²) in [6.07, 6.45) is -9.47. The van der Waals surface area contributed by atoms with Crippen molar-refractivity contribution in [2.75, 3.05) is 6.61 Å². The van der Waals surface area contributed by atoms with Crippen LogP contribution in [0.1, 0.15) is 17.0 Å². The van der Waals surface area contributed by atoms with Gasteiger partial charge in [0, 0.05) is 0 Å². The fourth-order valence-electron chi connectivity index (χ4n) is 2.64. The van der Waals surface area contributed by atoms with Gasteiger partial charge in [-0.1, -0.05) is 17.7 Å². The number of aromatic nitrogens is 2. The smallest absolute Gasteiger partial charge is 0.449 e. The van der Waals surface area contributed by atoms with Gasteiger partial charge in [-0.2, -0.15) is 26.3 Å². The van der Waals surface area contributed by atoms with Crippen LogP contribution in [0, 0.1) is 6.92 Å². The summed E-state index contributed by atoms with van der Waals surface area (Å²) in [4.78, 5) is 3.38. The highest BCUT2D eigenvalue weighted by Gasteiger charge is 2.38. The molecule has 0 aliphatic rings. The Kier molecular flexibility index (Phi) is 4.79. The number of rotatable bonds is 4. The molecule has 0 saturated carbocycles. The molecule has 3 rings (SSSR count). The van der Waals surface area contributed by atoms with Gasteiger partial charge in [-0.05, 0) is 37.3 Å². The minimum Gasteiger partial charge on any atom is -0.492 e. The molecule has 3 nitrogen and oxygen atoms in total. The standard InChI is InChI=1S/C18H14F6N2O/c1-11-2-5-13(6-3-11)27-9-8-26-15-7-4-12(17(19,20)21)10-14(15)25-16(26)18(22,23)24/h2-7,10H,8-9H2,1H3. The van der Waals surface area contributed by atoms with E-state index in [9.17, 15) is 26.3 Å². The van der Waals surface area contributed by atoms with Gasteiger partial charge in [0.2, 0.25) is 5.82 Å². The van der Waals surface area contributed by atoms with Crippen molar-refractivity contribution in [3.05, 3.63) is 59.4 Å². The normalized spacial score (nSPS) is 12.6. The Morgan fingerprint density at radius 3 is 2.19 bits per heavy atom. The Morgan fingerprint density at radius 2 is 1.59 bits per heavy atom. The van der Waals surface area contributed by atoms with Gasteiger partial charge in [-0.15, -0.1) is 0 Å². The molecule has 1 heterocycles. The van der Waals surface area contributed by atoms with E-state index in [1.54, 1.807) is 24.3 Å². The third-order valence-corrected chi connectivity index (χ3v) is 3.93. The van der Waals surface area contributed by atoms with E-state index in [2.05, 4.69) is 4.98 Å². The van der Waals surface area contributed by atoms with E-state index in [1.165, 1.54) is 0 Å². The van der Waals surface area contributed by atoms with E-state index >= 15 is 0 Å². The van der Waals surface area contributed by atoms with E-state index in [0.717, 1.165) is 22.3 Å². The molecule has 0 aliphatic carbocycles. The first-order valence-corrected chi connectivity index (χ1v) is 7.90. The summed E-state index contributed by atoms with van der Waals surface area (Å²) in [7, 11) is 0. The van der Waals surface area contributed by atoms with Gasteiger partial charge >= 0.3 is 12.4 Å². The predicted molar refractivity (Wildman–Crippen MR) is 86.4 cm³/mol. The molecule has 0 radical (unpaired) electrons. The highest BCUT2D eigenvalue weighted by Crippen LogP contribution is 2.35. The molecular formula is C18H14F6N2O. The lowest BCUT2D eigenvalue weighted by atomic mass is 10.2. The minimum atomic E-state index is -4.80. The van der Waals surface area contributed by atoms with Crippen molar-refractivity contribution in [1.29, 1.82) is 0 Å². The van der Waals surface area contributed by atoms with Crippen molar-refractivity contribution in [3.8, 4) is 5.75 Å². The summed E-state index contributed by atoms with van der Waals surface area (Å²) >= 11 is 0. The van der Waals surface area contributed by atoms with Crippen molar-refractivity contribution >= 4 is 11.0 Å². The summed E-state index contributed by atoms with van der Waals surface area (Å²) in [5.41, 5.74) is -0.456. The minimum absolute atomic E-state index is 0.0390. The zero-order valence-electron chi connectivity index (χ0n) is 14.0. The Hall–Kier alpha value is -2.71. The Labute approximate surface area is 150 Å². The van der Waals surface area contributed by atoms with E-state index in [-0.39, 0.29) is 24.2 Å². The number of hydrogen-bond acceptors (Lipinski definition) is 2. The number of benzene rings is 2. The van der Waals surface area contributed by atoms with Gasteiger partial charge in [-0.25, -0.2) is 4.98 Å². The topological polar surface area (TPSA) is 27.1 Å². The van der Waals surface area contributed by atoms with Crippen molar-refractivity contribution in [2.24, 2.45) is 0 Å². The molecule has 1 aromatic heterocycles. The molecule has 3 aromatic rings. The van der Waals surface area contributed by atoms with Crippen LogP contribution >= 0.6 is 0 Å². The Morgan fingerprint density at radius 1 is 0.926 bits per heavy atom. The molecule has 0 N–H and O–H groups in total. The van der Waals surface area contributed by atoms with Crippen LogP contribution in [0.3, 0.4) is 0 Å². The molecule has 0 atom stereocenters. The van der Waals surface area contributed by atoms with Crippen LogP contribution in [0.2, 0.25) is 0 Å². The van der Waals surface area contributed by atoms with Crippen molar-refractivity contribution in [1.82, 2.24) is 9.55 Å². The summed E-state index contributed by atoms with van der Waals surface area (Å²) in [5.74, 6) is -0.776. The van der Waals surface area contributed by atoms with E-state index in [1.807, 2.05) is 6.92 Å². The van der Waals surface area contributed by atoms with Crippen molar-refractivity contribution in [3.63, 3.8) is 0 Å². The second kappa shape index (κ2) is 6.79. The first-order valence-electron chi connectivity index (χ1n) is 7.90. The molecule has 0 bridgehead atoms. The molecular weight excluding hydrogens is 374 g/mol. The quantitative estimate of drug-likeness (QED) is 0.555. The first-order chi connectivity index (χ1) is 12.6. The number of nitrogens with zero attached hydrogens (tertiary/aromatic N) is 2. The highest BCUT2D eigenvalue weighted by atomic mass is 19.4. The van der Waals surface area contributed by atoms with E-state index in [0.29, 0.717) is 11.8 Å². The zero-order valence-corrected chi connectivity index (χ0v) is 14.0. The van der Waals surface area contributed by atoms with Crippen LogP contribution in [0.25, 0.3) is 11.0 Å². The number of alkyl halides is 6. The summed E-state index contributed by atoms with van der Waals surface area (Å²) < 4.78 is 84.5. The molecule has 0 spiro atoms. The van der Waals surface area contributed by atoms with Gasteiger partial charge < -0.3 is 9.30 Å². The third-order valence-electron chi connectivity index (χ3n) is 3.93. The fraction of sp³-hybridized carbons (Fsp3) is 0.278. The zero-order chi connectivity index (χ0) is 19.8. The number of aryl methyl sites for hydroxylation is 1. The molecule has 27 heavy (non-hydrogen) atoms. The van der Waals surface area contributed by atoms with Gasteiger partial charge in [0.15, 0.2) is 0 Å². The molecule has 2 aromatic carbocycles. The van der Waals surface area contributed by atoms with Gasteiger partial charge in [0.05, 0.1) is 23.1 Å². The summed E-state index contributed by atoms with van der Waals surface area (Å²) in [6.45, 7) is 1.56. The molecule has 0 aliphatic heterocycles. The molecule has 0 fully saturated rings. The van der Waals surface area contributed by atoms with Crippen molar-refractivity contribution in [2.45, 2.75) is 25.8 Å². The maximum absolute atomic E-state index is 13.3. The molecule has 0 amide bonds. The highest BCUT2D eigenvalue weighted by molar-refractivity contribution is 5.77. The number of fused-ring (bicyclic) bond motifs is 1. The van der Waals surface area contributed by atoms with Gasteiger partial charge in [0.25, 0.3) is 0 Å². The number of halogens is 6. The van der Waals surface area contributed by atoms with Crippen LogP contribution in [0.5, 0.6) is 5.75 Å². The SMILES string of the molecule is Cc1ccc(OCCn2c(C(F)(F)F)nc3cc(C(F)(F)F)ccc32)cc1. The Bertz CT molecular complexity index is 941. The largest absolute Gasteiger partial charge is 0.492 e. The lowest BCUT2D eigenvalue weighted by Crippen LogP contribution is -2.18. The monoisotopic (exact) mass is 388 g/mol. The number of hydrogen-bond donors (Lipinski definition) is 0. The van der Waals surface area contributed by atoms with Crippen LogP contribution in [-0.4, -0.2) is 16.2 Å². The summed E-state index contributed by atoms with van der Waals surface area (Å²) in [6, 6.07) is 9.29. The molecule has 9 heteroatoms. The van der Waals surface area contributed by atoms with Crippen LogP contribution < -0.4 is 4.74 Å². The predicted octanol–water partition coefficient (Wildman–Crippen LogP) is 5.46. The average molecular weight is 388 g/mol. The van der Waals surface area contributed by atoms with Gasteiger partial charge in [-0.3, -0.25) is 0 Å². The molecule has 144 valence electrons. The average Bonchev–Trinajstić information content (AvgIpc) is 2.94. The van der Waals surface area contributed by atoms with Crippen LogP contribution in [0.4, 0.5) is 26.3 Å². The second-order valence-electron chi connectivity index (χ2n) is 5.95. The maximum atomic E-state index is 13.3. The van der Waals surface area contributed by atoms with Crippen LogP contribution in [-0.2, 0) is 18.9 Å². The lowest BCUT2D eigenvalue weighted by Gasteiger charge is -2.12. The number of ether oxygens (including phenoxy) is 1.